The van der Waals surface area contributed by atoms with Gasteiger partial charge < -0.3 is 10.1 Å². The summed E-state index contributed by atoms with van der Waals surface area (Å²) in [5, 5.41) is 6.41. The van der Waals surface area contributed by atoms with Crippen molar-refractivity contribution < 1.29 is 9.53 Å². The van der Waals surface area contributed by atoms with Gasteiger partial charge in [0.25, 0.3) is 0 Å². The summed E-state index contributed by atoms with van der Waals surface area (Å²) in [6, 6.07) is 8.10. The predicted molar refractivity (Wildman–Crippen MR) is 108 cm³/mol. The lowest BCUT2D eigenvalue weighted by atomic mass is 9.95. The van der Waals surface area contributed by atoms with Gasteiger partial charge in [0, 0.05) is 23.4 Å². The molecule has 1 aromatic heterocycles. The number of ether oxygens (including phenoxy) is 1. The molecule has 144 valence electrons. The Morgan fingerprint density at radius 2 is 2.00 bits per heavy atom. The number of hydrogen-bond acceptors (Lipinski definition) is 5. The van der Waals surface area contributed by atoms with Crippen LogP contribution in [-0.4, -0.2) is 48.6 Å². The fourth-order valence-electron chi connectivity index (χ4n) is 4.18. The van der Waals surface area contributed by atoms with Gasteiger partial charge in [-0.2, -0.15) is 0 Å². The average Bonchev–Trinajstić information content (AvgIpc) is 3.11. The molecule has 5 nitrogen and oxygen atoms in total. The first-order valence-electron chi connectivity index (χ1n) is 9.87. The second-order valence-electron chi connectivity index (χ2n) is 7.38. The van der Waals surface area contributed by atoms with Gasteiger partial charge in [0.1, 0.15) is 5.75 Å². The van der Waals surface area contributed by atoms with Gasteiger partial charge in [0.15, 0.2) is 0 Å². The Morgan fingerprint density at radius 3 is 2.81 bits per heavy atom. The number of carbonyl (C=O) groups excluding carboxylic acids is 1. The van der Waals surface area contributed by atoms with E-state index in [1.54, 1.807) is 18.4 Å². The predicted octanol–water partition coefficient (Wildman–Crippen LogP) is 3.67. The van der Waals surface area contributed by atoms with Crippen LogP contribution in [0.3, 0.4) is 0 Å². The molecule has 2 aliphatic rings. The van der Waals surface area contributed by atoms with Crippen molar-refractivity contribution in [2.45, 2.75) is 44.1 Å². The minimum Gasteiger partial charge on any atom is -0.496 e. The molecule has 1 unspecified atom stereocenters. The Morgan fingerprint density at radius 1 is 1.19 bits per heavy atom. The molecule has 2 aromatic rings. The summed E-state index contributed by atoms with van der Waals surface area (Å²) in [6.45, 7) is 2.79. The molecule has 6 heteroatoms. The number of aromatic nitrogens is 1. The van der Waals surface area contributed by atoms with Crippen LogP contribution in [0, 0.1) is 0 Å². The third kappa shape index (κ3) is 4.01. The van der Waals surface area contributed by atoms with Crippen LogP contribution in [0.2, 0.25) is 0 Å². The number of carbonyl (C=O) groups is 1. The van der Waals surface area contributed by atoms with Crippen molar-refractivity contribution in [1.82, 2.24) is 15.2 Å². The Balaban J connectivity index is 1.42. The lowest BCUT2D eigenvalue weighted by molar-refractivity contribution is -0.126. The van der Waals surface area contributed by atoms with Crippen LogP contribution in [0.15, 0.2) is 29.6 Å². The van der Waals surface area contributed by atoms with Gasteiger partial charge in [-0.3, -0.25) is 9.69 Å². The molecule has 2 aliphatic heterocycles. The number of rotatable bonds is 4. The van der Waals surface area contributed by atoms with E-state index in [0.29, 0.717) is 5.92 Å². The van der Waals surface area contributed by atoms with Crippen LogP contribution < -0.4 is 10.1 Å². The Bertz CT molecular complexity index is 783. The van der Waals surface area contributed by atoms with E-state index >= 15 is 0 Å². The Hall–Kier alpha value is -1.92. The third-order valence-electron chi connectivity index (χ3n) is 5.73. The molecule has 1 amide bonds. The van der Waals surface area contributed by atoms with Crippen molar-refractivity contribution in [3.63, 3.8) is 0 Å². The number of thiazole rings is 1. The minimum absolute atomic E-state index is 0.0638. The highest BCUT2D eigenvalue weighted by molar-refractivity contribution is 7.10. The van der Waals surface area contributed by atoms with Crippen LogP contribution in [0.5, 0.6) is 5.75 Å². The van der Waals surface area contributed by atoms with Gasteiger partial charge >= 0.3 is 0 Å². The topological polar surface area (TPSA) is 54.5 Å². The minimum atomic E-state index is 0.0638. The summed E-state index contributed by atoms with van der Waals surface area (Å²) in [5.74, 6) is 1.57. The summed E-state index contributed by atoms with van der Waals surface area (Å²) < 4.78 is 5.48. The molecule has 4 rings (SSSR count). The number of benzene rings is 1. The SMILES string of the molecule is COc1ccccc1-c1csc(C2CCN(C3CCCCNC3=O)CC2)n1. The number of para-hydroxylation sites is 1. The van der Waals surface area contributed by atoms with E-state index < -0.39 is 0 Å². The molecule has 0 radical (unpaired) electrons. The van der Waals surface area contributed by atoms with Gasteiger partial charge in [-0.05, 0) is 57.3 Å². The highest BCUT2D eigenvalue weighted by Crippen LogP contribution is 2.36. The maximum atomic E-state index is 12.3. The van der Waals surface area contributed by atoms with Crippen molar-refractivity contribution in [2.75, 3.05) is 26.7 Å². The second kappa shape index (κ2) is 8.40. The highest BCUT2D eigenvalue weighted by atomic mass is 32.1. The number of piperidine rings is 1. The molecular formula is C21H27N3O2S. The van der Waals surface area contributed by atoms with Crippen LogP contribution in [0.1, 0.15) is 43.0 Å². The van der Waals surface area contributed by atoms with E-state index in [-0.39, 0.29) is 11.9 Å². The van der Waals surface area contributed by atoms with Crippen LogP contribution in [0.4, 0.5) is 0 Å². The molecule has 1 atom stereocenters. The van der Waals surface area contributed by atoms with Crippen molar-refractivity contribution in [1.29, 1.82) is 0 Å². The fourth-order valence-corrected chi connectivity index (χ4v) is 5.18. The average molecular weight is 386 g/mol. The Kier molecular flexibility index (Phi) is 5.74. The van der Waals surface area contributed by atoms with Crippen LogP contribution in [0.25, 0.3) is 11.3 Å². The smallest absolute Gasteiger partial charge is 0.237 e. The molecule has 2 saturated heterocycles. The zero-order valence-electron chi connectivity index (χ0n) is 15.8. The number of hydrogen-bond donors (Lipinski definition) is 1. The molecule has 0 spiro atoms. The fraction of sp³-hybridized carbons (Fsp3) is 0.524. The molecular weight excluding hydrogens is 358 g/mol. The van der Waals surface area contributed by atoms with E-state index in [1.807, 2.05) is 18.2 Å². The first-order valence-corrected chi connectivity index (χ1v) is 10.7. The zero-order valence-corrected chi connectivity index (χ0v) is 16.6. The lowest BCUT2D eigenvalue weighted by Gasteiger charge is -2.35. The first kappa shape index (κ1) is 18.4. The standard InChI is InChI=1S/C21H27N3O2S/c1-26-19-8-3-2-6-16(19)17-14-27-21(23-17)15-9-12-24(13-10-15)18-7-4-5-11-22-20(18)25/h2-3,6,8,14-15,18H,4-5,7,9-13H2,1H3,(H,22,25). The summed E-state index contributed by atoms with van der Waals surface area (Å²) in [6.07, 6.45) is 5.37. The summed E-state index contributed by atoms with van der Waals surface area (Å²) >= 11 is 1.75. The molecule has 0 bridgehead atoms. The molecule has 1 N–H and O–H groups in total. The van der Waals surface area contributed by atoms with Gasteiger partial charge in [0.05, 0.1) is 23.9 Å². The van der Waals surface area contributed by atoms with Crippen LogP contribution in [-0.2, 0) is 4.79 Å². The van der Waals surface area contributed by atoms with Gasteiger partial charge in [0.2, 0.25) is 5.91 Å². The van der Waals surface area contributed by atoms with Crippen molar-refractivity contribution >= 4 is 17.2 Å². The second-order valence-corrected chi connectivity index (χ2v) is 8.27. The van der Waals surface area contributed by atoms with Crippen molar-refractivity contribution in [3.05, 3.63) is 34.7 Å². The van der Waals surface area contributed by atoms with E-state index in [4.69, 9.17) is 9.72 Å². The number of amides is 1. The molecule has 3 heterocycles. The van der Waals surface area contributed by atoms with Gasteiger partial charge in [-0.1, -0.05) is 12.1 Å². The van der Waals surface area contributed by atoms with E-state index in [9.17, 15) is 4.79 Å². The normalized spacial score (nSPS) is 22.3. The van der Waals surface area contributed by atoms with E-state index in [1.165, 1.54) is 5.01 Å². The molecule has 2 fully saturated rings. The lowest BCUT2D eigenvalue weighted by Crippen LogP contribution is -2.48. The van der Waals surface area contributed by atoms with Crippen molar-refractivity contribution in [3.8, 4) is 17.0 Å². The molecule has 0 saturated carbocycles. The Labute approximate surface area is 164 Å². The van der Waals surface area contributed by atoms with Crippen molar-refractivity contribution in [2.24, 2.45) is 0 Å². The summed E-state index contributed by atoms with van der Waals surface area (Å²) in [7, 11) is 1.70. The molecule has 1 aromatic carbocycles. The molecule has 0 aliphatic carbocycles. The number of methoxy groups -OCH3 is 1. The maximum absolute atomic E-state index is 12.3. The van der Waals surface area contributed by atoms with E-state index in [2.05, 4.69) is 21.7 Å². The van der Waals surface area contributed by atoms with E-state index in [0.717, 1.165) is 68.7 Å². The molecule has 27 heavy (non-hydrogen) atoms. The maximum Gasteiger partial charge on any atom is 0.237 e. The highest BCUT2D eigenvalue weighted by Gasteiger charge is 2.31. The zero-order chi connectivity index (χ0) is 18.6. The van der Waals surface area contributed by atoms with Gasteiger partial charge in [-0.25, -0.2) is 4.98 Å². The summed E-state index contributed by atoms with van der Waals surface area (Å²) in [4.78, 5) is 19.6. The third-order valence-corrected chi connectivity index (χ3v) is 6.74. The van der Waals surface area contributed by atoms with Crippen LogP contribution >= 0.6 is 11.3 Å². The largest absolute Gasteiger partial charge is 0.496 e. The first-order chi connectivity index (χ1) is 13.3. The van der Waals surface area contributed by atoms with Gasteiger partial charge in [-0.15, -0.1) is 11.3 Å². The number of nitrogens with zero attached hydrogens (tertiary/aromatic N) is 2. The monoisotopic (exact) mass is 385 g/mol. The number of nitrogens with one attached hydrogen (secondary N) is 1. The quantitative estimate of drug-likeness (QED) is 0.873. The summed E-state index contributed by atoms with van der Waals surface area (Å²) in [5.41, 5.74) is 2.05. The number of likely N-dealkylation sites (tertiary alicyclic amines) is 1.